The Morgan fingerprint density at radius 2 is 1.82 bits per heavy atom. The molecule has 1 aliphatic rings. The number of halogens is 3. The maximum absolute atomic E-state index is 12.3. The molecule has 0 spiro atoms. The fourth-order valence-electron chi connectivity index (χ4n) is 3.05. The second kappa shape index (κ2) is 7.89. The first-order valence-electron chi connectivity index (χ1n) is 8.58. The molecule has 1 atom stereocenters. The second-order valence-electron chi connectivity index (χ2n) is 6.40. The molecule has 1 saturated heterocycles. The summed E-state index contributed by atoms with van der Waals surface area (Å²) in [7, 11) is 0. The van der Waals surface area contributed by atoms with Crippen LogP contribution in [0.3, 0.4) is 0 Å². The summed E-state index contributed by atoms with van der Waals surface area (Å²) in [6.07, 6.45) is -4.09. The van der Waals surface area contributed by atoms with Crippen molar-refractivity contribution >= 4 is 33.6 Å². The van der Waals surface area contributed by atoms with Crippen molar-refractivity contribution in [2.75, 3.05) is 13.1 Å². The third-order valence-electron chi connectivity index (χ3n) is 4.41. The van der Waals surface area contributed by atoms with Gasteiger partial charge in [0.05, 0.1) is 0 Å². The zero-order chi connectivity index (χ0) is 20.3. The number of carbonyl (C=O) groups is 2. The first kappa shape index (κ1) is 19.7. The number of amides is 1. The number of H-pyrrole nitrogens is 1. The molecule has 0 saturated carbocycles. The van der Waals surface area contributed by atoms with Crippen molar-refractivity contribution in [3.63, 3.8) is 0 Å². The van der Waals surface area contributed by atoms with E-state index in [9.17, 15) is 18.0 Å². The molecular formula is C19H18F3N3O3. The molecule has 1 amide bonds. The number of nitrogens with one attached hydrogen (secondary N) is 3. The number of rotatable bonds is 2. The van der Waals surface area contributed by atoms with E-state index in [1.165, 1.54) is 10.8 Å². The highest BCUT2D eigenvalue weighted by Crippen LogP contribution is 2.25. The number of hydrogen-bond acceptors (Lipinski definition) is 3. The van der Waals surface area contributed by atoms with Crippen LogP contribution in [0.1, 0.15) is 16.9 Å². The van der Waals surface area contributed by atoms with Gasteiger partial charge < -0.3 is 20.7 Å². The Morgan fingerprint density at radius 3 is 2.46 bits per heavy atom. The monoisotopic (exact) mass is 393 g/mol. The van der Waals surface area contributed by atoms with Gasteiger partial charge in [-0.2, -0.15) is 13.2 Å². The number of hydrogen-bond donors (Lipinski definition) is 4. The van der Waals surface area contributed by atoms with Crippen molar-refractivity contribution in [2.24, 2.45) is 0 Å². The van der Waals surface area contributed by atoms with Crippen LogP contribution in [0, 0.1) is 0 Å². The zero-order valence-electron chi connectivity index (χ0n) is 14.6. The molecule has 6 nitrogen and oxygen atoms in total. The van der Waals surface area contributed by atoms with Crippen molar-refractivity contribution in [3.8, 4) is 0 Å². The molecular weight excluding hydrogens is 375 g/mol. The summed E-state index contributed by atoms with van der Waals surface area (Å²) in [5.41, 5.74) is 1.64. The molecule has 1 fully saturated rings. The third-order valence-corrected chi connectivity index (χ3v) is 4.41. The van der Waals surface area contributed by atoms with Crippen LogP contribution >= 0.6 is 0 Å². The van der Waals surface area contributed by atoms with Gasteiger partial charge in [0.25, 0.3) is 5.91 Å². The van der Waals surface area contributed by atoms with Crippen LogP contribution in [-0.4, -0.2) is 47.3 Å². The summed E-state index contributed by atoms with van der Waals surface area (Å²) in [5.74, 6) is -2.78. The maximum atomic E-state index is 12.3. The number of aliphatic carboxylic acids is 1. The van der Waals surface area contributed by atoms with E-state index in [1.54, 1.807) is 0 Å². The Labute approximate surface area is 157 Å². The third kappa shape index (κ3) is 4.42. The van der Waals surface area contributed by atoms with E-state index in [1.807, 2.05) is 24.3 Å². The zero-order valence-corrected chi connectivity index (χ0v) is 14.6. The largest absolute Gasteiger partial charge is 0.490 e. The normalized spacial score (nSPS) is 16.6. The van der Waals surface area contributed by atoms with Crippen molar-refractivity contribution in [3.05, 3.63) is 48.2 Å². The number of alkyl halides is 3. The highest BCUT2D eigenvalue weighted by atomic mass is 19.4. The highest BCUT2D eigenvalue weighted by Gasteiger charge is 2.38. The molecule has 1 aromatic heterocycles. The molecule has 2 heterocycles. The molecule has 0 unspecified atom stereocenters. The molecule has 0 radical (unpaired) electrons. The summed E-state index contributed by atoms with van der Waals surface area (Å²) < 4.78 is 31.7. The number of aromatic amines is 1. The number of carbonyl (C=O) groups excluding carboxylic acids is 1. The van der Waals surface area contributed by atoms with E-state index in [-0.39, 0.29) is 11.9 Å². The van der Waals surface area contributed by atoms with Crippen molar-refractivity contribution in [2.45, 2.75) is 18.6 Å². The van der Waals surface area contributed by atoms with Crippen LogP contribution in [0.25, 0.3) is 21.7 Å². The molecule has 28 heavy (non-hydrogen) atoms. The van der Waals surface area contributed by atoms with E-state index < -0.39 is 12.1 Å². The van der Waals surface area contributed by atoms with Gasteiger partial charge >= 0.3 is 12.1 Å². The van der Waals surface area contributed by atoms with Gasteiger partial charge in [0.15, 0.2) is 0 Å². The lowest BCUT2D eigenvalue weighted by Crippen LogP contribution is -2.36. The first-order chi connectivity index (χ1) is 13.3. The Kier molecular flexibility index (Phi) is 5.55. The first-order valence-corrected chi connectivity index (χ1v) is 8.58. The average molecular weight is 393 g/mol. The number of aromatic nitrogens is 1. The topological polar surface area (TPSA) is 94.2 Å². The van der Waals surface area contributed by atoms with Crippen molar-refractivity contribution in [1.82, 2.24) is 15.6 Å². The van der Waals surface area contributed by atoms with Gasteiger partial charge in [0.2, 0.25) is 0 Å². The van der Waals surface area contributed by atoms with E-state index in [2.05, 4.69) is 33.8 Å². The molecule has 0 bridgehead atoms. The van der Waals surface area contributed by atoms with Crippen molar-refractivity contribution in [1.29, 1.82) is 0 Å². The quantitative estimate of drug-likeness (QED) is 0.538. The van der Waals surface area contributed by atoms with E-state index in [0.29, 0.717) is 5.69 Å². The van der Waals surface area contributed by atoms with E-state index in [4.69, 9.17) is 9.90 Å². The molecule has 4 rings (SSSR count). The minimum Gasteiger partial charge on any atom is -0.475 e. The Morgan fingerprint density at radius 1 is 1.11 bits per heavy atom. The fraction of sp³-hybridized carbons (Fsp3) is 0.263. The molecule has 0 aliphatic carbocycles. The molecule has 3 aromatic rings. The standard InChI is InChI=1S/C17H17N3O.C2HF3O2/c21-17(19-12-7-8-18-10-12)16-9-14-13-4-2-1-3-11(13)5-6-15(14)20-16;3-2(4,5)1(6)7/h1-6,9,12,18,20H,7-8,10H2,(H,19,21);(H,6,7)/t12-;/m0./s1. The smallest absolute Gasteiger partial charge is 0.475 e. The molecule has 4 N–H and O–H groups in total. The van der Waals surface area contributed by atoms with Gasteiger partial charge in [-0.15, -0.1) is 0 Å². The molecule has 1 aliphatic heterocycles. The van der Waals surface area contributed by atoms with Crippen LogP contribution in [0.15, 0.2) is 42.5 Å². The molecule has 2 aromatic carbocycles. The minimum atomic E-state index is -5.08. The second-order valence-corrected chi connectivity index (χ2v) is 6.40. The average Bonchev–Trinajstić information content (AvgIpc) is 3.30. The van der Waals surface area contributed by atoms with E-state index >= 15 is 0 Å². The van der Waals surface area contributed by atoms with Crippen molar-refractivity contribution < 1.29 is 27.9 Å². The SMILES string of the molecule is O=C(N[C@H]1CCNC1)c1cc2c(ccc3ccccc32)[nH]1.O=C(O)C(F)(F)F. The summed E-state index contributed by atoms with van der Waals surface area (Å²) in [6, 6.07) is 14.5. The minimum absolute atomic E-state index is 0.0241. The van der Waals surface area contributed by atoms with Gasteiger partial charge in [0.1, 0.15) is 5.69 Å². The number of carboxylic acids is 1. The number of benzene rings is 2. The summed E-state index contributed by atoms with van der Waals surface area (Å²) in [6.45, 7) is 1.83. The van der Waals surface area contributed by atoms with Crippen LogP contribution in [0.2, 0.25) is 0 Å². The highest BCUT2D eigenvalue weighted by molar-refractivity contribution is 6.09. The molecule has 148 valence electrons. The lowest BCUT2D eigenvalue weighted by molar-refractivity contribution is -0.192. The summed E-state index contributed by atoms with van der Waals surface area (Å²) in [4.78, 5) is 24.5. The summed E-state index contributed by atoms with van der Waals surface area (Å²) in [5, 5.41) is 16.9. The van der Waals surface area contributed by atoms with Gasteiger partial charge in [0, 0.05) is 23.5 Å². The van der Waals surface area contributed by atoms with Crippen LogP contribution in [0.4, 0.5) is 13.2 Å². The van der Waals surface area contributed by atoms with E-state index in [0.717, 1.165) is 30.4 Å². The molecule has 9 heteroatoms. The van der Waals surface area contributed by atoms with Crippen LogP contribution in [0.5, 0.6) is 0 Å². The Hall–Kier alpha value is -3.07. The Balaban J connectivity index is 0.000000279. The number of carboxylic acid groups (broad SMARTS) is 1. The van der Waals surface area contributed by atoms with Gasteiger partial charge in [-0.05, 0) is 35.9 Å². The van der Waals surface area contributed by atoms with Crippen LogP contribution < -0.4 is 10.6 Å². The maximum Gasteiger partial charge on any atom is 0.490 e. The lowest BCUT2D eigenvalue weighted by atomic mass is 10.1. The lowest BCUT2D eigenvalue weighted by Gasteiger charge is -2.09. The van der Waals surface area contributed by atoms with Gasteiger partial charge in [-0.3, -0.25) is 4.79 Å². The fourth-order valence-corrected chi connectivity index (χ4v) is 3.05. The predicted molar refractivity (Wildman–Crippen MR) is 98.2 cm³/mol. The van der Waals surface area contributed by atoms with Gasteiger partial charge in [-0.1, -0.05) is 30.3 Å². The van der Waals surface area contributed by atoms with Crippen LogP contribution in [-0.2, 0) is 4.79 Å². The Bertz CT molecular complexity index is 1010. The predicted octanol–water partition coefficient (Wildman–Crippen LogP) is 3.05. The van der Waals surface area contributed by atoms with Gasteiger partial charge in [-0.25, -0.2) is 4.79 Å². The number of fused-ring (bicyclic) bond motifs is 3. The summed E-state index contributed by atoms with van der Waals surface area (Å²) >= 11 is 0.